The van der Waals surface area contributed by atoms with Crippen LogP contribution in [-0.4, -0.2) is 27.3 Å². The second-order valence-electron chi connectivity index (χ2n) is 7.81. The van der Waals surface area contributed by atoms with Gasteiger partial charge in [0.2, 0.25) is 0 Å². The number of para-hydroxylation sites is 1. The molecule has 0 aliphatic heterocycles. The van der Waals surface area contributed by atoms with Crippen LogP contribution in [-0.2, 0) is 16.8 Å². The molecule has 140 valence electrons. The van der Waals surface area contributed by atoms with E-state index in [-0.39, 0.29) is 11.0 Å². The van der Waals surface area contributed by atoms with Crippen molar-refractivity contribution in [2.24, 2.45) is 0 Å². The fraction of sp³-hybridized carbons (Fsp3) is 0.429. The van der Waals surface area contributed by atoms with Crippen LogP contribution in [0.1, 0.15) is 43.5 Å². The molecule has 5 rings (SSSR count). The van der Waals surface area contributed by atoms with Crippen LogP contribution >= 0.6 is 11.6 Å². The summed E-state index contributed by atoms with van der Waals surface area (Å²) in [6, 6.07) is 11.6. The Morgan fingerprint density at radius 1 is 1.07 bits per heavy atom. The van der Waals surface area contributed by atoms with E-state index in [9.17, 15) is 0 Å². The Bertz CT molecular complexity index is 992. The molecule has 2 fully saturated rings. The molecule has 0 radical (unpaired) electrons. The van der Waals surface area contributed by atoms with Gasteiger partial charge in [0, 0.05) is 24.3 Å². The molecule has 0 atom stereocenters. The minimum Gasteiger partial charge on any atom is -0.487 e. The topological polar surface area (TPSA) is 48.7 Å². The zero-order chi connectivity index (χ0) is 18.5. The van der Waals surface area contributed by atoms with E-state index in [0.717, 1.165) is 49.1 Å². The van der Waals surface area contributed by atoms with Gasteiger partial charge in [0.25, 0.3) is 0 Å². The molecular formula is C21H22ClN3O2. The lowest BCUT2D eigenvalue weighted by atomic mass is 9.83. The van der Waals surface area contributed by atoms with E-state index in [0.29, 0.717) is 17.4 Å². The Hall–Kier alpha value is -2.11. The van der Waals surface area contributed by atoms with Gasteiger partial charge >= 0.3 is 0 Å². The molecule has 2 aliphatic carbocycles. The minimum absolute atomic E-state index is 0.0383. The molecule has 2 heterocycles. The van der Waals surface area contributed by atoms with Crippen molar-refractivity contribution in [3.05, 3.63) is 59.0 Å². The van der Waals surface area contributed by atoms with Crippen LogP contribution in [0, 0.1) is 0 Å². The van der Waals surface area contributed by atoms with Gasteiger partial charge in [-0.25, -0.2) is 0 Å². The highest BCUT2D eigenvalue weighted by atomic mass is 35.5. The van der Waals surface area contributed by atoms with E-state index in [1.54, 1.807) is 0 Å². The highest BCUT2D eigenvalue weighted by molar-refractivity contribution is 6.32. The molecule has 0 N–H and O–H groups in total. The molecule has 0 unspecified atom stereocenters. The number of benzene rings is 1. The summed E-state index contributed by atoms with van der Waals surface area (Å²) in [6.45, 7) is 0.404. The van der Waals surface area contributed by atoms with E-state index in [1.807, 2.05) is 43.5 Å². The fourth-order valence-electron chi connectivity index (χ4n) is 4.90. The van der Waals surface area contributed by atoms with Crippen molar-refractivity contribution in [2.75, 3.05) is 7.11 Å². The fourth-order valence-corrected chi connectivity index (χ4v) is 5.09. The van der Waals surface area contributed by atoms with Crippen molar-refractivity contribution in [3.63, 3.8) is 0 Å². The van der Waals surface area contributed by atoms with Crippen LogP contribution in [0.2, 0.25) is 5.02 Å². The molecule has 0 saturated heterocycles. The second-order valence-corrected chi connectivity index (χ2v) is 8.22. The predicted octanol–water partition coefficient (Wildman–Crippen LogP) is 4.56. The van der Waals surface area contributed by atoms with Gasteiger partial charge < -0.3 is 9.47 Å². The molecule has 2 bridgehead atoms. The third-order valence-corrected chi connectivity index (χ3v) is 6.73. The summed E-state index contributed by atoms with van der Waals surface area (Å²) < 4.78 is 13.9. The van der Waals surface area contributed by atoms with Crippen LogP contribution in [0.15, 0.2) is 42.6 Å². The number of fused-ring (bicyclic) bond motifs is 3. The van der Waals surface area contributed by atoms with Gasteiger partial charge in [-0.2, -0.15) is 0 Å². The Balaban J connectivity index is 1.47. The average molecular weight is 384 g/mol. The van der Waals surface area contributed by atoms with E-state index in [4.69, 9.17) is 21.1 Å². The number of aromatic nitrogens is 3. The molecule has 5 nitrogen and oxygen atoms in total. The Morgan fingerprint density at radius 2 is 1.89 bits per heavy atom. The summed E-state index contributed by atoms with van der Waals surface area (Å²) >= 11 is 6.20. The second kappa shape index (κ2) is 6.21. The zero-order valence-corrected chi connectivity index (χ0v) is 16.1. The minimum atomic E-state index is 0.0383. The average Bonchev–Trinajstić information content (AvgIpc) is 3.40. The molecule has 1 aromatic carbocycles. The largest absolute Gasteiger partial charge is 0.487 e. The first-order valence-electron chi connectivity index (χ1n) is 9.40. The Kier molecular flexibility index (Phi) is 3.92. The molecule has 27 heavy (non-hydrogen) atoms. The molecule has 2 saturated carbocycles. The third-order valence-electron chi connectivity index (χ3n) is 6.42. The number of ether oxygens (including phenoxy) is 2. The normalized spacial score (nSPS) is 26.7. The molecule has 0 amide bonds. The predicted molar refractivity (Wildman–Crippen MR) is 103 cm³/mol. The van der Waals surface area contributed by atoms with E-state index in [1.165, 1.54) is 0 Å². The van der Waals surface area contributed by atoms with Gasteiger partial charge in [-0.15, -0.1) is 10.2 Å². The number of hydrogen-bond donors (Lipinski definition) is 0. The standard InChI is InChI=1S/C21H22ClN3O2/c1-26-21-10-8-20(14-21,9-11-21)19-24-23-18-15(5-4-12-25(18)19)13-27-17-7-3-2-6-16(17)22/h2-7,12H,8-11,13-14H2,1H3. The van der Waals surface area contributed by atoms with Gasteiger partial charge in [-0.05, 0) is 50.3 Å². The maximum absolute atomic E-state index is 6.20. The van der Waals surface area contributed by atoms with Crippen molar-refractivity contribution >= 4 is 17.2 Å². The summed E-state index contributed by atoms with van der Waals surface area (Å²) in [5.41, 5.74) is 1.98. The molecule has 0 spiro atoms. The number of methoxy groups -OCH3 is 1. The van der Waals surface area contributed by atoms with Crippen molar-refractivity contribution in [3.8, 4) is 5.75 Å². The van der Waals surface area contributed by atoms with E-state index >= 15 is 0 Å². The summed E-state index contributed by atoms with van der Waals surface area (Å²) in [5, 5.41) is 9.75. The summed E-state index contributed by atoms with van der Waals surface area (Å²) in [6.07, 6.45) is 7.53. The van der Waals surface area contributed by atoms with E-state index < -0.39 is 0 Å². The summed E-state index contributed by atoms with van der Waals surface area (Å²) in [7, 11) is 1.84. The lowest BCUT2D eigenvalue weighted by Gasteiger charge is -2.25. The molecular weight excluding hydrogens is 362 g/mol. The third kappa shape index (κ3) is 2.64. The summed E-state index contributed by atoms with van der Waals surface area (Å²) in [4.78, 5) is 0. The monoisotopic (exact) mass is 383 g/mol. The summed E-state index contributed by atoms with van der Waals surface area (Å²) in [5.74, 6) is 1.74. The number of pyridine rings is 1. The van der Waals surface area contributed by atoms with Crippen molar-refractivity contribution < 1.29 is 9.47 Å². The van der Waals surface area contributed by atoms with Gasteiger partial charge in [-0.1, -0.05) is 29.8 Å². The lowest BCUT2D eigenvalue weighted by molar-refractivity contribution is -0.000310. The van der Waals surface area contributed by atoms with Crippen LogP contribution in [0.4, 0.5) is 0 Å². The van der Waals surface area contributed by atoms with Crippen molar-refractivity contribution in [1.82, 2.24) is 14.6 Å². The quantitative estimate of drug-likeness (QED) is 0.647. The van der Waals surface area contributed by atoms with E-state index in [2.05, 4.69) is 20.8 Å². The SMILES string of the molecule is COC12CCC(c3nnc4c(COc5ccccc5Cl)cccn34)(CC1)C2. The van der Waals surface area contributed by atoms with Crippen molar-refractivity contribution in [2.45, 2.75) is 49.7 Å². The van der Waals surface area contributed by atoms with Crippen molar-refractivity contribution in [1.29, 1.82) is 0 Å². The lowest BCUT2D eigenvalue weighted by Crippen LogP contribution is -2.24. The van der Waals surface area contributed by atoms with Gasteiger partial charge in [-0.3, -0.25) is 4.40 Å². The van der Waals surface area contributed by atoms with Crippen LogP contribution in [0.5, 0.6) is 5.75 Å². The first-order chi connectivity index (χ1) is 13.1. The molecule has 6 heteroatoms. The maximum Gasteiger partial charge on any atom is 0.167 e. The Morgan fingerprint density at radius 3 is 2.63 bits per heavy atom. The van der Waals surface area contributed by atoms with Gasteiger partial charge in [0.05, 0.1) is 10.6 Å². The number of hydrogen-bond acceptors (Lipinski definition) is 4. The van der Waals surface area contributed by atoms with Gasteiger partial charge in [0.15, 0.2) is 5.65 Å². The molecule has 3 aromatic rings. The van der Waals surface area contributed by atoms with Crippen LogP contribution in [0.3, 0.4) is 0 Å². The highest BCUT2D eigenvalue weighted by Gasteiger charge is 2.57. The molecule has 2 aromatic heterocycles. The maximum atomic E-state index is 6.20. The number of halogens is 1. The van der Waals surface area contributed by atoms with Crippen LogP contribution in [0.25, 0.3) is 5.65 Å². The highest BCUT2D eigenvalue weighted by Crippen LogP contribution is 2.58. The number of rotatable bonds is 5. The first-order valence-corrected chi connectivity index (χ1v) is 9.78. The number of nitrogens with zero attached hydrogens (tertiary/aromatic N) is 3. The van der Waals surface area contributed by atoms with Gasteiger partial charge in [0.1, 0.15) is 18.2 Å². The smallest absolute Gasteiger partial charge is 0.167 e. The first kappa shape index (κ1) is 17.0. The molecule has 2 aliphatic rings. The Labute approximate surface area is 163 Å². The van der Waals surface area contributed by atoms with Crippen LogP contribution < -0.4 is 4.74 Å². The zero-order valence-electron chi connectivity index (χ0n) is 15.3.